The number of carbonyl (C=O) groups excluding carboxylic acids is 1. The van der Waals surface area contributed by atoms with E-state index in [1.165, 1.54) is 11.3 Å². The number of rotatable bonds is 4. The summed E-state index contributed by atoms with van der Waals surface area (Å²) in [5.41, 5.74) is 1.21. The molecule has 0 aliphatic heterocycles. The van der Waals surface area contributed by atoms with Gasteiger partial charge in [-0.15, -0.1) is 11.3 Å². The summed E-state index contributed by atoms with van der Waals surface area (Å²) in [5.74, 6) is 0.895. The maximum Gasteiger partial charge on any atom is 0.276 e. The maximum absolute atomic E-state index is 12.3. The number of nitrogens with one attached hydrogen (secondary N) is 1. The van der Waals surface area contributed by atoms with Crippen molar-refractivity contribution in [3.8, 4) is 16.3 Å². The molecular weight excluding hydrogens is 378 g/mol. The number of carbonyl (C=O) groups is 1. The minimum Gasteiger partial charge on any atom is -0.496 e. The Morgan fingerprint density at radius 3 is 2.91 bits per heavy atom. The van der Waals surface area contributed by atoms with Gasteiger partial charge in [-0.3, -0.25) is 4.79 Å². The van der Waals surface area contributed by atoms with E-state index in [1.807, 2.05) is 24.3 Å². The van der Waals surface area contributed by atoms with Gasteiger partial charge < -0.3 is 10.1 Å². The van der Waals surface area contributed by atoms with Gasteiger partial charge in [-0.05, 0) is 24.3 Å². The number of halogens is 1. The molecule has 1 aromatic carbocycles. The largest absolute Gasteiger partial charge is 0.496 e. The van der Waals surface area contributed by atoms with Gasteiger partial charge in [-0.2, -0.15) is 0 Å². The molecule has 1 amide bonds. The smallest absolute Gasteiger partial charge is 0.276 e. The van der Waals surface area contributed by atoms with Crippen LogP contribution in [-0.4, -0.2) is 23.0 Å². The van der Waals surface area contributed by atoms with E-state index in [4.69, 9.17) is 4.74 Å². The Morgan fingerprint density at radius 1 is 1.30 bits per heavy atom. The second kappa shape index (κ2) is 6.89. The highest BCUT2D eigenvalue weighted by Crippen LogP contribution is 2.32. The number of para-hydroxylation sites is 1. The zero-order valence-corrected chi connectivity index (χ0v) is 14.5. The first-order chi connectivity index (χ1) is 11.2. The molecule has 7 heteroatoms. The molecule has 2 aromatic heterocycles. The highest BCUT2D eigenvalue weighted by molar-refractivity contribution is 9.10. The highest BCUT2D eigenvalue weighted by Gasteiger charge is 2.14. The lowest BCUT2D eigenvalue weighted by Crippen LogP contribution is -2.13. The molecular formula is C16H12BrN3O2S. The van der Waals surface area contributed by atoms with Crippen molar-refractivity contribution in [2.24, 2.45) is 0 Å². The van der Waals surface area contributed by atoms with Crippen LogP contribution < -0.4 is 10.1 Å². The molecule has 0 atom stereocenters. The van der Waals surface area contributed by atoms with Crippen LogP contribution in [0.4, 0.5) is 5.82 Å². The van der Waals surface area contributed by atoms with Crippen LogP contribution in [0.15, 0.2) is 52.4 Å². The molecule has 5 nitrogen and oxygen atoms in total. The van der Waals surface area contributed by atoms with Crippen LogP contribution in [0, 0.1) is 0 Å². The summed E-state index contributed by atoms with van der Waals surface area (Å²) in [6.45, 7) is 0. The van der Waals surface area contributed by atoms with Crippen LogP contribution in [0.2, 0.25) is 0 Å². The Balaban J connectivity index is 1.83. The lowest BCUT2D eigenvalue weighted by atomic mass is 10.2. The molecule has 0 aliphatic carbocycles. The zero-order chi connectivity index (χ0) is 16.2. The molecule has 116 valence electrons. The molecule has 0 spiro atoms. The van der Waals surface area contributed by atoms with Crippen molar-refractivity contribution in [1.82, 2.24) is 9.97 Å². The highest BCUT2D eigenvalue weighted by atomic mass is 79.9. The number of pyridine rings is 1. The SMILES string of the molecule is COc1ccccc1-c1nc(C(=O)Nc2cc(Br)ccn2)cs1. The third-order valence-electron chi connectivity index (χ3n) is 3.04. The second-order valence-electron chi connectivity index (χ2n) is 4.55. The second-order valence-corrected chi connectivity index (χ2v) is 6.33. The Kier molecular flexibility index (Phi) is 4.68. The molecule has 3 rings (SSSR count). The van der Waals surface area contributed by atoms with E-state index >= 15 is 0 Å². The van der Waals surface area contributed by atoms with Crippen LogP contribution in [-0.2, 0) is 0 Å². The van der Waals surface area contributed by atoms with Crippen molar-refractivity contribution in [2.45, 2.75) is 0 Å². The number of methoxy groups -OCH3 is 1. The first kappa shape index (κ1) is 15.6. The van der Waals surface area contributed by atoms with Gasteiger partial charge in [0.2, 0.25) is 0 Å². The summed E-state index contributed by atoms with van der Waals surface area (Å²) in [6, 6.07) is 11.1. The van der Waals surface area contributed by atoms with Crippen molar-refractivity contribution in [3.63, 3.8) is 0 Å². The first-order valence-corrected chi connectivity index (χ1v) is 8.36. The van der Waals surface area contributed by atoms with E-state index in [2.05, 4.69) is 31.2 Å². The van der Waals surface area contributed by atoms with E-state index in [0.717, 1.165) is 20.8 Å². The van der Waals surface area contributed by atoms with Crippen molar-refractivity contribution in [1.29, 1.82) is 0 Å². The van der Waals surface area contributed by atoms with Gasteiger partial charge in [0, 0.05) is 16.0 Å². The number of hydrogen-bond acceptors (Lipinski definition) is 5. The monoisotopic (exact) mass is 389 g/mol. The van der Waals surface area contributed by atoms with Crippen molar-refractivity contribution in [3.05, 3.63) is 58.1 Å². The van der Waals surface area contributed by atoms with Crippen molar-refractivity contribution in [2.75, 3.05) is 12.4 Å². The number of nitrogens with zero attached hydrogens (tertiary/aromatic N) is 2. The van der Waals surface area contributed by atoms with E-state index in [1.54, 1.807) is 30.8 Å². The Labute approximate surface area is 145 Å². The summed E-state index contributed by atoms with van der Waals surface area (Å²) in [5, 5.41) is 5.17. The molecule has 0 saturated heterocycles. The Bertz CT molecular complexity index is 851. The number of benzene rings is 1. The summed E-state index contributed by atoms with van der Waals surface area (Å²) in [6.07, 6.45) is 1.61. The number of hydrogen-bond donors (Lipinski definition) is 1. The Morgan fingerprint density at radius 2 is 2.13 bits per heavy atom. The third kappa shape index (κ3) is 3.57. The summed E-state index contributed by atoms with van der Waals surface area (Å²) in [7, 11) is 1.61. The fraction of sp³-hybridized carbons (Fsp3) is 0.0625. The van der Waals surface area contributed by atoms with E-state index in [-0.39, 0.29) is 5.91 Å². The number of amides is 1. The van der Waals surface area contributed by atoms with Gasteiger partial charge in [0.1, 0.15) is 22.3 Å². The van der Waals surface area contributed by atoms with Gasteiger partial charge in [0.25, 0.3) is 5.91 Å². The number of anilines is 1. The topological polar surface area (TPSA) is 64.1 Å². The van der Waals surface area contributed by atoms with Gasteiger partial charge in [0.05, 0.1) is 12.7 Å². The van der Waals surface area contributed by atoms with Crippen LogP contribution in [0.3, 0.4) is 0 Å². The quantitative estimate of drug-likeness (QED) is 0.724. The lowest BCUT2D eigenvalue weighted by molar-refractivity contribution is 0.102. The maximum atomic E-state index is 12.3. The molecule has 0 bridgehead atoms. The predicted octanol–water partition coefficient (Wildman–Crippen LogP) is 4.23. The summed E-state index contributed by atoms with van der Waals surface area (Å²) in [4.78, 5) is 20.8. The van der Waals surface area contributed by atoms with Gasteiger partial charge in [-0.25, -0.2) is 9.97 Å². The van der Waals surface area contributed by atoms with E-state index in [0.29, 0.717) is 11.5 Å². The predicted molar refractivity (Wildman–Crippen MR) is 94.0 cm³/mol. The fourth-order valence-electron chi connectivity index (χ4n) is 1.98. The number of thiazole rings is 1. The molecule has 0 unspecified atom stereocenters. The van der Waals surface area contributed by atoms with E-state index in [9.17, 15) is 4.79 Å². The lowest BCUT2D eigenvalue weighted by Gasteiger charge is -2.04. The summed E-state index contributed by atoms with van der Waals surface area (Å²) < 4.78 is 6.17. The fourth-order valence-corrected chi connectivity index (χ4v) is 3.14. The number of aromatic nitrogens is 2. The molecule has 3 aromatic rings. The van der Waals surface area contributed by atoms with Crippen molar-refractivity contribution >= 4 is 39.0 Å². The average molecular weight is 390 g/mol. The standard InChI is InChI=1S/C16H12BrN3O2S/c1-22-13-5-3-2-4-11(13)16-19-12(9-23-16)15(21)20-14-8-10(17)6-7-18-14/h2-9H,1H3,(H,18,20,21). The molecule has 0 saturated carbocycles. The van der Waals surface area contributed by atoms with E-state index < -0.39 is 0 Å². The van der Waals surface area contributed by atoms with Crippen LogP contribution in [0.25, 0.3) is 10.6 Å². The first-order valence-electron chi connectivity index (χ1n) is 6.69. The summed E-state index contributed by atoms with van der Waals surface area (Å²) >= 11 is 4.73. The average Bonchev–Trinajstić information content (AvgIpc) is 3.05. The molecule has 2 heterocycles. The molecule has 0 aliphatic rings. The molecule has 1 N–H and O–H groups in total. The van der Waals surface area contributed by atoms with Crippen LogP contribution in [0.5, 0.6) is 5.75 Å². The molecule has 0 fully saturated rings. The molecule has 23 heavy (non-hydrogen) atoms. The minimum atomic E-state index is -0.298. The van der Waals surface area contributed by atoms with Gasteiger partial charge >= 0.3 is 0 Å². The van der Waals surface area contributed by atoms with Crippen molar-refractivity contribution < 1.29 is 9.53 Å². The van der Waals surface area contributed by atoms with Gasteiger partial charge in [0.15, 0.2) is 0 Å². The Hall–Kier alpha value is -2.25. The van der Waals surface area contributed by atoms with Crippen LogP contribution in [0.1, 0.15) is 10.5 Å². The number of ether oxygens (including phenoxy) is 1. The normalized spacial score (nSPS) is 10.3. The van der Waals surface area contributed by atoms with Crippen LogP contribution >= 0.6 is 27.3 Å². The zero-order valence-electron chi connectivity index (χ0n) is 12.1. The minimum absolute atomic E-state index is 0.298. The molecule has 0 radical (unpaired) electrons. The van der Waals surface area contributed by atoms with Gasteiger partial charge in [-0.1, -0.05) is 28.1 Å². The third-order valence-corrected chi connectivity index (χ3v) is 4.41.